The minimum atomic E-state index is -4.11. The van der Waals surface area contributed by atoms with Crippen LogP contribution in [-0.4, -0.2) is 45.9 Å². The Morgan fingerprint density at radius 1 is 0.957 bits per heavy atom. The van der Waals surface area contributed by atoms with Gasteiger partial charge in [-0.2, -0.15) is 5.09 Å². The van der Waals surface area contributed by atoms with E-state index in [1.807, 2.05) is 67.6 Å². The summed E-state index contributed by atoms with van der Waals surface area (Å²) in [5, 5.41) is 5.44. The summed E-state index contributed by atoms with van der Waals surface area (Å²) < 4.78 is 40.1. The van der Waals surface area contributed by atoms with Crippen molar-refractivity contribution in [3.05, 3.63) is 72.6 Å². The number of nitrogens with two attached hydrogens (primary N) is 1. The van der Waals surface area contributed by atoms with Crippen molar-refractivity contribution in [3.8, 4) is 5.75 Å². The molecule has 3 atom stereocenters. The summed E-state index contributed by atoms with van der Waals surface area (Å²) in [7, 11) is -4.11. The van der Waals surface area contributed by atoms with E-state index >= 15 is 0 Å². The molecule has 0 saturated heterocycles. The molecule has 0 aliphatic carbocycles. The molecule has 47 heavy (non-hydrogen) atoms. The quantitative estimate of drug-likeness (QED) is 0.0798. The molecular weight excluding hydrogens is 617 g/mol. The van der Waals surface area contributed by atoms with Gasteiger partial charge < -0.3 is 24.3 Å². The number of carbonyl (C=O) groups excluding carboxylic acids is 1. The lowest BCUT2D eigenvalue weighted by molar-refractivity contribution is -0.149. The maximum atomic E-state index is 14.5. The Kier molecular flexibility index (Phi) is 11.1. The molecular formula is C35H44N5O6P. The first-order valence-electron chi connectivity index (χ1n) is 16.2. The van der Waals surface area contributed by atoms with Crippen LogP contribution in [0.15, 0.2) is 66.7 Å². The van der Waals surface area contributed by atoms with Crippen molar-refractivity contribution < 1.29 is 27.9 Å². The third-order valence-electron chi connectivity index (χ3n) is 7.79. The molecule has 0 unspecified atom stereocenters. The lowest BCUT2D eigenvalue weighted by Gasteiger charge is -2.26. The highest BCUT2D eigenvalue weighted by molar-refractivity contribution is 7.52. The molecule has 250 valence electrons. The average molecular weight is 662 g/mol. The van der Waals surface area contributed by atoms with Gasteiger partial charge in [0.1, 0.15) is 29.7 Å². The summed E-state index contributed by atoms with van der Waals surface area (Å²) in [6.45, 7) is 10.0. The minimum absolute atomic E-state index is 0.0535. The summed E-state index contributed by atoms with van der Waals surface area (Å²) in [6.07, 6.45) is 1.78. The third kappa shape index (κ3) is 7.93. The maximum Gasteiger partial charge on any atom is 0.459 e. The van der Waals surface area contributed by atoms with Gasteiger partial charge in [-0.05, 0) is 58.1 Å². The van der Waals surface area contributed by atoms with E-state index in [-0.39, 0.29) is 18.8 Å². The largest absolute Gasteiger partial charge is 0.462 e. The number of anilines is 1. The number of para-hydroxylation sites is 1. The van der Waals surface area contributed by atoms with Crippen molar-refractivity contribution in [1.82, 2.24) is 19.6 Å². The Balaban J connectivity index is 1.48. The lowest BCUT2D eigenvalue weighted by atomic mass is 10.1. The number of hydrogen-bond donors (Lipinski definition) is 2. The van der Waals surface area contributed by atoms with Crippen LogP contribution in [0, 0.1) is 0 Å². The Morgan fingerprint density at radius 3 is 2.43 bits per heavy atom. The minimum Gasteiger partial charge on any atom is -0.462 e. The number of pyridine rings is 1. The molecule has 0 spiro atoms. The molecule has 12 heteroatoms. The number of nitrogens with zero attached hydrogens (tertiary/aromatic N) is 3. The van der Waals surface area contributed by atoms with Crippen molar-refractivity contribution >= 4 is 52.2 Å². The predicted molar refractivity (Wildman–Crippen MR) is 185 cm³/mol. The number of rotatable bonds is 16. The van der Waals surface area contributed by atoms with E-state index in [4.69, 9.17) is 29.2 Å². The van der Waals surface area contributed by atoms with E-state index in [1.165, 1.54) is 0 Å². The van der Waals surface area contributed by atoms with Crippen molar-refractivity contribution in [2.45, 2.75) is 78.7 Å². The number of fused-ring (bicyclic) bond motifs is 4. The fourth-order valence-electron chi connectivity index (χ4n) is 5.72. The van der Waals surface area contributed by atoms with Crippen LogP contribution in [-0.2, 0) is 30.0 Å². The SMILES string of the molecule is CCC[C@H](CCO[P@](=O)(N[C@@H](C)C(=O)OC(C)C)Oc1cccc2ccccc12)n1c(COCC)nc2c(N)nc3ccccc3c21. The predicted octanol–water partition coefficient (Wildman–Crippen LogP) is 7.72. The zero-order chi connectivity index (χ0) is 33.6. The molecule has 0 bridgehead atoms. The van der Waals surface area contributed by atoms with Crippen LogP contribution in [0.2, 0.25) is 0 Å². The van der Waals surface area contributed by atoms with Crippen LogP contribution in [0.1, 0.15) is 65.7 Å². The number of aromatic nitrogens is 3. The Morgan fingerprint density at radius 2 is 1.68 bits per heavy atom. The first-order valence-corrected chi connectivity index (χ1v) is 17.7. The van der Waals surface area contributed by atoms with Gasteiger partial charge in [-0.25, -0.2) is 14.5 Å². The average Bonchev–Trinajstić information content (AvgIpc) is 3.43. The van der Waals surface area contributed by atoms with Gasteiger partial charge in [-0.15, -0.1) is 0 Å². The highest BCUT2D eigenvalue weighted by Gasteiger charge is 2.34. The van der Waals surface area contributed by atoms with Gasteiger partial charge in [0, 0.05) is 23.4 Å². The Labute approximate surface area is 275 Å². The number of esters is 1. The van der Waals surface area contributed by atoms with Gasteiger partial charge in [0.15, 0.2) is 5.82 Å². The topological polar surface area (TPSA) is 140 Å². The van der Waals surface area contributed by atoms with Crippen LogP contribution in [0.25, 0.3) is 32.7 Å². The summed E-state index contributed by atoms with van der Waals surface area (Å²) in [4.78, 5) is 22.2. The van der Waals surface area contributed by atoms with Crippen molar-refractivity contribution in [3.63, 3.8) is 0 Å². The Hall–Kier alpha value is -4.02. The van der Waals surface area contributed by atoms with Crippen LogP contribution in [0.5, 0.6) is 5.75 Å². The lowest BCUT2D eigenvalue weighted by Crippen LogP contribution is -2.36. The molecule has 0 amide bonds. The molecule has 3 aromatic carbocycles. The van der Waals surface area contributed by atoms with Crippen molar-refractivity contribution in [2.75, 3.05) is 18.9 Å². The van der Waals surface area contributed by atoms with Gasteiger partial charge in [0.2, 0.25) is 0 Å². The second-order valence-corrected chi connectivity index (χ2v) is 13.4. The van der Waals surface area contributed by atoms with E-state index in [9.17, 15) is 9.36 Å². The molecule has 2 aromatic heterocycles. The van der Waals surface area contributed by atoms with Gasteiger partial charge in [-0.1, -0.05) is 67.9 Å². The van der Waals surface area contributed by atoms with Crippen LogP contribution >= 0.6 is 7.75 Å². The number of benzene rings is 3. The van der Waals surface area contributed by atoms with E-state index in [1.54, 1.807) is 26.8 Å². The molecule has 0 aliphatic heterocycles. The molecule has 3 N–H and O–H groups in total. The fourth-order valence-corrected chi connectivity index (χ4v) is 7.24. The third-order valence-corrected chi connectivity index (χ3v) is 9.45. The number of nitrogens with one attached hydrogen (secondary N) is 1. The van der Waals surface area contributed by atoms with E-state index < -0.39 is 19.8 Å². The van der Waals surface area contributed by atoms with E-state index in [2.05, 4.69) is 21.6 Å². The van der Waals surface area contributed by atoms with Gasteiger partial charge in [0.05, 0.1) is 23.7 Å². The molecule has 5 aromatic rings. The summed E-state index contributed by atoms with van der Waals surface area (Å²) >= 11 is 0. The summed E-state index contributed by atoms with van der Waals surface area (Å²) in [6, 6.07) is 19.9. The molecule has 0 radical (unpaired) electrons. The highest BCUT2D eigenvalue weighted by atomic mass is 31.2. The second kappa shape index (κ2) is 15.3. The van der Waals surface area contributed by atoms with Gasteiger partial charge >= 0.3 is 13.7 Å². The van der Waals surface area contributed by atoms with Crippen LogP contribution < -0.4 is 15.3 Å². The molecule has 0 saturated carbocycles. The monoisotopic (exact) mass is 661 g/mol. The Bertz CT molecular complexity index is 1890. The normalized spacial score (nSPS) is 14.4. The standard InChI is InChI=1S/C35H44N5O6P/c1-6-13-26(40-31(22-43-7-2)38-32-33(40)28-17-10-11-18-29(28)37-34(32)36)20-21-44-47(42,39-24(5)35(41)45-23(3)4)46-30-19-12-15-25-14-8-9-16-27(25)30/h8-12,14-19,23-24,26H,6-7,13,20-22H2,1-5H3,(H2,36,37)(H,39,42)/t24-,26+,47+/m0/s1. The molecule has 0 aliphatic rings. The number of ether oxygens (including phenoxy) is 2. The van der Waals surface area contributed by atoms with Gasteiger partial charge in [0.25, 0.3) is 0 Å². The van der Waals surface area contributed by atoms with Crippen molar-refractivity contribution in [1.29, 1.82) is 0 Å². The van der Waals surface area contributed by atoms with E-state index in [0.29, 0.717) is 36.7 Å². The van der Waals surface area contributed by atoms with Crippen LogP contribution in [0.4, 0.5) is 5.82 Å². The highest BCUT2D eigenvalue weighted by Crippen LogP contribution is 2.47. The van der Waals surface area contributed by atoms with Crippen molar-refractivity contribution in [2.24, 2.45) is 0 Å². The smallest absolute Gasteiger partial charge is 0.459 e. The fraction of sp³-hybridized carbons (Fsp3) is 0.400. The number of hydrogen-bond acceptors (Lipinski definition) is 9. The maximum absolute atomic E-state index is 14.5. The molecule has 2 heterocycles. The molecule has 5 rings (SSSR count). The number of nitrogen functional groups attached to an aromatic ring is 1. The van der Waals surface area contributed by atoms with E-state index in [0.717, 1.165) is 45.9 Å². The van der Waals surface area contributed by atoms with Gasteiger partial charge in [-0.3, -0.25) is 9.32 Å². The first-order chi connectivity index (χ1) is 22.6. The number of imidazole rings is 1. The summed E-state index contributed by atoms with van der Waals surface area (Å²) in [5.41, 5.74) is 8.69. The van der Waals surface area contributed by atoms with Crippen LogP contribution in [0.3, 0.4) is 0 Å². The molecule has 11 nitrogen and oxygen atoms in total. The zero-order valence-corrected chi connectivity index (χ0v) is 28.5. The first kappa shape index (κ1) is 34.3. The second-order valence-electron chi connectivity index (χ2n) is 11.7. The number of carbonyl (C=O) groups is 1. The summed E-state index contributed by atoms with van der Waals surface area (Å²) in [5.74, 6) is 0.893. The molecule has 0 fully saturated rings. The zero-order valence-electron chi connectivity index (χ0n) is 27.6.